The fourth-order valence-corrected chi connectivity index (χ4v) is 3.78. The summed E-state index contributed by atoms with van der Waals surface area (Å²) < 4.78 is 12.6. The maximum atomic E-state index is 5.39. The van der Waals surface area contributed by atoms with E-state index in [-0.39, 0.29) is 5.41 Å². The van der Waals surface area contributed by atoms with Gasteiger partial charge in [0.25, 0.3) is 0 Å². The molecule has 1 aliphatic heterocycles. The van der Waals surface area contributed by atoms with E-state index in [0.717, 1.165) is 41.4 Å². The first kappa shape index (κ1) is 14.9. The van der Waals surface area contributed by atoms with E-state index in [1.807, 2.05) is 4.68 Å². The fraction of sp³-hybridized carbons (Fsp3) is 0.750. The average Bonchev–Trinajstić information content (AvgIpc) is 3.09. The number of ether oxygens (including phenoxy) is 1. The number of nitrogens with zero attached hydrogens (tertiary/aromatic N) is 6. The van der Waals surface area contributed by atoms with Gasteiger partial charge in [0.1, 0.15) is 5.82 Å². The molecule has 0 amide bonds. The van der Waals surface area contributed by atoms with Crippen LogP contribution in [-0.4, -0.2) is 42.8 Å². The Kier molecular flexibility index (Phi) is 4.23. The number of rotatable bonds is 3. The Labute approximate surface area is 131 Å². The summed E-state index contributed by atoms with van der Waals surface area (Å²) in [4.78, 5) is 4.58. The molecule has 0 N–H and O–H groups in total. The van der Waals surface area contributed by atoms with Crippen LogP contribution >= 0.6 is 23.3 Å². The molecule has 3 heterocycles. The van der Waals surface area contributed by atoms with E-state index in [2.05, 4.69) is 45.7 Å². The van der Waals surface area contributed by atoms with Crippen molar-refractivity contribution in [2.45, 2.75) is 54.6 Å². The molecule has 0 radical (unpaired) electrons. The van der Waals surface area contributed by atoms with E-state index in [1.54, 1.807) is 0 Å². The van der Waals surface area contributed by atoms with Crippen molar-refractivity contribution >= 4 is 23.3 Å². The molecule has 0 atom stereocenters. The Hall–Kier alpha value is -1.06. The lowest BCUT2D eigenvalue weighted by Crippen LogP contribution is -2.21. The highest BCUT2D eigenvalue weighted by atomic mass is 32.2. The molecule has 0 unspecified atom stereocenters. The molecular formula is C12H18N6OS2. The van der Waals surface area contributed by atoms with Crippen LogP contribution < -0.4 is 0 Å². The molecule has 1 fully saturated rings. The lowest BCUT2D eigenvalue weighted by atomic mass is 9.96. The average molecular weight is 326 g/mol. The molecule has 9 heteroatoms. The zero-order valence-corrected chi connectivity index (χ0v) is 13.9. The highest BCUT2D eigenvalue weighted by Crippen LogP contribution is 2.32. The van der Waals surface area contributed by atoms with Crippen LogP contribution in [0.3, 0.4) is 0 Å². The van der Waals surface area contributed by atoms with Crippen LogP contribution in [0.5, 0.6) is 0 Å². The first-order valence-corrected chi connectivity index (χ1v) is 8.50. The van der Waals surface area contributed by atoms with E-state index in [0.29, 0.717) is 6.04 Å². The van der Waals surface area contributed by atoms with Gasteiger partial charge in [0.15, 0.2) is 4.34 Å². The minimum absolute atomic E-state index is 0.0397. The Morgan fingerprint density at radius 2 is 2.05 bits per heavy atom. The molecule has 0 aliphatic carbocycles. The van der Waals surface area contributed by atoms with Crippen molar-refractivity contribution in [3.63, 3.8) is 0 Å². The van der Waals surface area contributed by atoms with Crippen molar-refractivity contribution in [3.8, 4) is 0 Å². The van der Waals surface area contributed by atoms with Gasteiger partial charge in [-0.3, -0.25) is 0 Å². The van der Waals surface area contributed by atoms with Gasteiger partial charge in [-0.1, -0.05) is 20.8 Å². The van der Waals surface area contributed by atoms with Gasteiger partial charge in [-0.25, -0.2) is 9.67 Å². The summed E-state index contributed by atoms with van der Waals surface area (Å²) in [5, 5.41) is 12.8. The second-order valence-electron chi connectivity index (χ2n) is 5.99. The third-order valence-corrected chi connectivity index (χ3v) is 4.96. The van der Waals surface area contributed by atoms with Crippen molar-refractivity contribution in [2.75, 3.05) is 13.2 Å². The molecule has 114 valence electrons. The monoisotopic (exact) mass is 326 g/mol. The summed E-state index contributed by atoms with van der Waals surface area (Å²) in [7, 11) is 0. The van der Waals surface area contributed by atoms with E-state index in [9.17, 15) is 0 Å². The lowest BCUT2D eigenvalue weighted by molar-refractivity contribution is 0.0631. The van der Waals surface area contributed by atoms with Crippen LogP contribution in [0.1, 0.15) is 45.5 Å². The van der Waals surface area contributed by atoms with E-state index < -0.39 is 0 Å². The fourth-order valence-electron chi connectivity index (χ4n) is 2.05. The predicted octanol–water partition coefficient (Wildman–Crippen LogP) is 2.32. The van der Waals surface area contributed by atoms with Crippen LogP contribution in [0.25, 0.3) is 0 Å². The second kappa shape index (κ2) is 5.98. The summed E-state index contributed by atoms with van der Waals surface area (Å²) in [6.45, 7) is 7.85. The summed E-state index contributed by atoms with van der Waals surface area (Å²) >= 11 is 2.88. The number of hydrogen-bond acceptors (Lipinski definition) is 8. The summed E-state index contributed by atoms with van der Waals surface area (Å²) in [6.07, 6.45) is 1.89. The number of hydrogen-bond donors (Lipinski definition) is 0. The normalized spacial score (nSPS) is 17.3. The first-order valence-electron chi connectivity index (χ1n) is 6.92. The van der Waals surface area contributed by atoms with E-state index in [4.69, 9.17) is 4.74 Å². The summed E-state index contributed by atoms with van der Waals surface area (Å²) in [6, 6.07) is 0.311. The quantitative estimate of drug-likeness (QED) is 0.856. The van der Waals surface area contributed by atoms with Gasteiger partial charge in [0, 0.05) is 18.6 Å². The van der Waals surface area contributed by atoms with Gasteiger partial charge in [-0.05, 0) is 46.6 Å². The topological polar surface area (TPSA) is 78.6 Å². The zero-order chi connectivity index (χ0) is 14.9. The Balaban J connectivity index is 1.76. The van der Waals surface area contributed by atoms with Gasteiger partial charge in [0.05, 0.1) is 6.04 Å². The molecule has 0 spiro atoms. The minimum atomic E-state index is -0.0397. The largest absolute Gasteiger partial charge is 0.381 e. The molecule has 0 aromatic carbocycles. The SMILES string of the molecule is CC(C)(C)c1nsc(Sc2nnnn2C2CCOCC2)n1. The number of aromatic nitrogens is 6. The first-order chi connectivity index (χ1) is 10.0. The highest BCUT2D eigenvalue weighted by Gasteiger charge is 2.24. The van der Waals surface area contributed by atoms with Crippen LogP contribution in [0.15, 0.2) is 9.50 Å². The molecule has 2 aromatic heterocycles. The third kappa shape index (κ3) is 3.41. The van der Waals surface area contributed by atoms with Gasteiger partial charge in [0.2, 0.25) is 5.16 Å². The van der Waals surface area contributed by atoms with Crippen LogP contribution in [0.4, 0.5) is 0 Å². The molecule has 21 heavy (non-hydrogen) atoms. The molecule has 1 saturated heterocycles. The molecule has 0 saturated carbocycles. The van der Waals surface area contributed by atoms with Crippen molar-refractivity contribution in [1.82, 2.24) is 29.6 Å². The van der Waals surface area contributed by atoms with Crippen LogP contribution in [-0.2, 0) is 10.2 Å². The molecule has 7 nitrogen and oxygen atoms in total. The third-order valence-electron chi connectivity index (χ3n) is 3.26. The molecule has 3 rings (SSSR count). The van der Waals surface area contributed by atoms with Gasteiger partial charge < -0.3 is 4.74 Å². The minimum Gasteiger partial charge on any atom is -0.381 e. The van der Waals surface area contributed by atoms with Gasteiger partial charge >= 0.3 is 0 Å². The Bertz CT molecular complexity index is 599. The Morgan fingerprint density at radius 3 is 2.71 bits per heavy atom. The van der Waals surface area contributed by atoms with Gasteiger partial charge in [-0.15, -0.1) is 5.10 Å². The standard InChI is InChI=1S/C12H18N6OS2/c1-12(2,3)9-13-11(21-15-9)20-10-14-16-17-18(10)8-4-6-19-7-5-8/h8H,4-7H2,1-3H3. The van der Waals surface area contributed by atoms with Crippen molar-refractivity contribution in [1.29, 1.82) is 0 Å². The van der Waals surface area contributed by atoms with E-state index in [1.165, 1.54) is 23.3 Å². The molecule has 2 aromatic rings. The highest BCUT2D eigenvalue weighted by molar-refractivity contribution is 8.00. The summed E-state index contributed by atoms with van der Waals surface area (Å²) in [5.74, 6) is 0.861. The Morgan fingerprint density at radius 1 is 1.29 bits per heavy atom. The van der Waals surface area contributed by atoms with E-state index >= 15 is 0 Å². The van der Waals surface area contributed by atoms with Crippen molar-refractivity contribution in [2.24, 2.45) is 0 Å². The van der Waals surface area contributed by atoms with Crippen LogP contribution in [0.2, 0.25) is 0 Å². The maximum absolute atomic E-state index is 5.39. The summed E-state index contributed by atoms with van der Waals surface area (Å²) in [5.41, 5.74) is -0.0397. The zero-order valence-electron chi connectivity index (χ0n) is 12.3. The molecule has 1 aliphatic rings. The second-order valence-corrected chi connectivity index (χ2v) is 7.95. The molecule has 0 bridgehead atoms. The predicted molar refractivity (Wildman–Crippen MR) is 79.6 cm³/mol. The number of tetrazole rings is 1. The van der Waals surface area contributed by atoms with Crippen molar-refractivity contribution in [3.05, 3.63) is 5.82 Å². The van der Waals surface area contributed by atoms with Crippen molar-refractivity contribution < 1.29 is 4.74 Å². The van der Waals surface area contributed by atoms with Gasteiger partial charge in [-0.2, -0.15) is 4.37 Å². The smallest absolute Gasteiger partial charge is 0.216 e. The maximum Gasteiger partial charge on any atom is 0.216 e. The lowest BCUT2D eigenvalue weighted by Gasteiger charge is -2.22. The molecular weight excluding hydrogens is 308 g/mol. The van der Waals surface area contributed by atoms with Crippen LogP contribution in [0, 0.1) is 0 Å².